The Bertz CT molecular complexity index is 577. The Kier molecular flexibility index (Phi) is 11.5. The van der Waals surface area contributed by atoms with Crippen LogP contribution in [0.5, 0.6) is 5.75 Å². The van der Waals surface area contributed by atoms with Gasteiger partial charge in [-0.2, -0.15) is 11.8 Å². The number of hydrogen-bond acceptors (Lipinski definition) is 4. The van der Waals surface area contributed by atoms with Gasteiger partial charge in [0.15, 0.2) is 5.96 Å². The van der Waals surface area contributed by atoms with Crippen molar-refractivity contribution in [2.24, 2.45) is 4.99 Å². The summed E-state index contributed by atoms with van der Waals surface area (Å²) in [5.74, 6) is 3.07. The van der Waals surface area contributed by atoms with E-state index in [0.717, 1.165) is 36.9 Å². The van der Waals surface area contributed by atoms with E-state index in [1.165, 1.54) is 18.6 Å². The summed E-state index contributed by atoms with van der Waals surface area (Å²) in [6, 6.07) is 8.22. The van der Waals surface area contributed by atoms with Crippen LogP contribution < -0.4 is 15.4 Å². The third-order valence-electron chi connectivity index (χ3n) is 4.40. The van der Waals surface area contributed by atoms with E-state index in [4.69, 9.17) is 9.73 Å². The van der Waals surface area contributed by atoms with Gasteiger partial charge in [-0.25, -0.2) is 4.99 Å². The number of nitrogens with zero attached hydrogens (tertiary/aromatic N) is 2. The maximum atomic E-state index is 5.82. The summed E-state index contributed by atoms with van der Waals surface area (Å²) in [5.41, 5.74) is 1.16. The number of hydrogen-bond donors (Lipinski definition) is 2. The molecule has 1 aliphatic rings. The average molecular weight is 506 g/mol. The quantitative estimate of drug-likeness (QED) is 0.305. The van der Waals surface area contributed by atoms with Crippen LogP contribution in [0.1, 0.15) is 32.3 Å². The third-order valence-corrected chi connectivity index (χ3v) is 5.94. The molecule has 2 N–H and O–H groups in total. The van der Waals surface area contributed by atoms with Gasteiger partial charge in [-0.1, -0.05) is 12.1 Å². The van der Waals surface area contributed by atoms with E-state index in [-0.39, 0.29) is 24.0 Å². The predicted octanol–water partition coefficient (Wildman–Crippen LogP) is 3.59. The summed E-state index contributed by atoms with van der Waals surface area (Å²) >= 11 is 2.07. The second-order valence-electron chi connectivity index (χ2n) is 7.25. The number of aliphatic imine (C=N–C) groups is 1. The molecule has 1 atom stereocenters. The lowest BCUT2D eigenvalue weighted by Crippen LogP contribution is -2.43. The zero-order valence-electron chi connectivity index (χ0n) is 17.1. The number of likely N-dealkylation sites (N-methyl/N-ethyl adjacent to an activating group) is 1. The third kappa shape index (κ3) is 9.38. The minimum atomic E-state index is 0. The highest BCUT2D eigenvalue weighted by molar-refractivity contribution is 14.0. The Morgan fingerprint density at radius 2 is 2.15 bits per heavy atom. The van der Waals surface area contributed by atoms with Crippen molar-refractivity contribution >= 4 is 41.7 Å². The topological polar surface area (TPSA) is 48.9 Å². The predicted molar refractivity (Wildman–Crippen MR) is 129 cm³/mol. The molecule has 0 spiro atoms. The van der Waals surface area contributed by atoms with Crippen molar-refractivity contribution < 1.29 is 4.74 Å². The van der Waals surface area contributed by atoms with E-state index in [9.17, 15) is 0 Å². The van der Waals surface area contributed by atoms with Crippen molar-refractivity contribution in [2.45, 2.75) is 38.0 Å². The lowest BCUT2D eigenvalue weighted by Gasteiger charge is -2.24. The van der Waals surface area contributed by atoms with Crippen LogP contribution in [0.4, 0.5) is 0 Å². The van der Waals surface area contributed by atoms with Crippen molar-refractivity contribution in [2.75, 3.05) is 46.1 Å². The molecular formula is C20H35IN4OS. The molecule has 154 valence electrons. The van der Waals surface area contributed by atoms with Crippen molar-refractivity contribution in [1.29, 1.82) is 0 Å². The molecule has 0 amide bonds. The van der Waals surface area contributed by atoms with Crippen LogP contribution in [0.2, 0.25) is 0 Å². The molecule has 1 aromatic rings. The lowest BCUT2D eigenvalue weighted by atomic mass is 10.1. The summed E-state index contributed by atoms with van der Waals surface area (Å²) < 4.78 is 6.15. The molecule has 1 saturated heterocycles. The van der Waals surface area contributed by atoms with E-state index >= 15 is 0 Å². The van der Waals surface area contributed by atoms with Crippen LogP contribution in [0.15, 0.2) is 29.3 Å². The van der Waals surface area contributed by atoms with Crippen LogP contribution >= 0.6 is 35.7 Å². The SMILES string of the molecule is CCNC(=NCc1cccc(OCCN(C)C)c1)NCC1(C)CCCS1.I. The average Bonchev–Trinajstić information content (AvgIpc) is 3.04. The van der Waals surface area contributed by atoms with Gasteiger partial charge in [0.05, 0.1) is 6.54 Å². The van der Waals surface area contributed by atoms with Crippen LogP contribution in [0, 0.1) is 0 Å². The molecule has 1 unspecified atom stereocenters. The molecule has 1 aromatic carbocycles. The van der Waals surface area contributed by atoms with Crippen LogP contribution in [0.25, 0.3) is 0 Å². The highest BCUT2D eigenvalue weighted by Crippen LogP contribution is 2.36. The largest absolute Gasteiger partial charge is 0.492 e. The zero-order chi connectivity index (χ0) is 18.8. The molecule has 2 rings (SSSR count). The van der Waals surface area contributed by atoms with Crippen LogP contribution in [-0.4, -0.2) is 61.7 Å². The first kappa shape index (κ1) is 24.4. The molecule has 27 heavy (non-hydrogen) atoms. The number of ether oxygens (including phenoxy) is 1. The summed E-state index contributed by atoms with van der Waals surface area (Å²) in [4.78, 5) is 6.86. The highest BCUT2D eigenvalue weighted by atomic mass is 127. The van der Waals surface area contributed by atoms with E-state index in [1.54, 1.807) is 0 Å². The second kappa shape index (κ2) is 12.7. The first-order valence-corrected chi connectivity index (χ1v) is 10.5. The van der Waals surface area contributed by atoms with Gasteiger partial charge in [-0.05, 0) is 64.2 Å². The lowest BCUT2D eigenvalue weighted by molar-refractivity contribution is 0.261. The second-order valence-corrected chi connectivity index (χ2v) is 8.93. The van der Waals surface area contributed by atoms with Gasteiger partial charge in [-0.15, -0.1) is 24.0 Å². The number of guanidine groups is 1. The fourth-order valence-corrected chi connectivity index (χ4v) is 4.08. The summed E-state index contributed by atoms with van der Waals surface area (Å²) in [7, 11) is 4.10. The maximum Gasteiger partial charge on any atom is 0.191 e. The number of rotatable bonds is 9. The summed E-state index contributed by atoms with van der Waals surface area (Å²) in [6.07, 6.45) is 2.59. The molecule has 0 aliphatic carbocycles. The Hall–Kier alpha value is -0.670. The number of benzene rings is 1. The normalized spacial score (nSPS) is 19.7. The number of nitrogens with one attached hydrogen (secondary N) is 2. The first-order valence-electron chi connectivity index (χ1n) is 9.53. The number of halogens is 1. The Balaban J connectivity index is 0.00000364. The Labute approximate surface area is 186 Å². The smallest absolute Gasteiger partial charge is 0.191 e. The zero-order valence-corrected chi connectivity index (χ0v) is 20.2. The van der Waals surface area contributed by atoms with Crippen molar-refractivity contribution in [3.8, 4) is 5.75 Å². The van der Waals surface area contributed by atoms with Gasteiger partial charge < -0.3 is 20.3 Å². The summed E-state index contributed by atoms with van der Waals surface area (Å²) in [5, 5.41) is 6.86. The first-order chi connectivity index (χ1) is 12.5. The molecule has 1 fully saturated rings. The fraction of sp³-hybridized carbons (Fsp3) is 0.650. The molecule has 1 heterocycles. The molecular weight excluding hydrogens is 471 g/mol. The monoisotopic (exact) mass is 506 g/mol. The van der Waals surface area contributed by atoms with Gasteiger partial charge in [0.25, 0.3) is 0 Å². The molecule has 1 aliphatic heterocycles. The van der Waals surface area contributed by atoms with Crippen molar-refractivity contribution in [1.82, 2.24) is 15.5 Å². The van der Waals surface area contributed by atoms with Crippen LogP contribution in [0.3, 0.4) is 0 Å². The molecule has 7 heteroatoms. The van der Waals surface area contributed by atoms with Gasteiger partial charge >= 0.3 is 0 Å². The summed E-state index contributed by atoms with van der Waals surface area (Å²) in [6.45, 7) is 8.51. The van der Waals surface area contributed by atoms with Crippen LogP contribution in [-0.2, 0) is 6.54 Å². The molecule has 0 saturated carbocycles. The van der Waals surface area contributed by atoms with E-state index in [0.29, 0.717) is 17.9 Å². The fourth-order valence-electron chi connectivity index (χ4n) is 2.84. The van der Waals surface area contributed by atoms with Gasteiger partial charge in [0, 0.05) is 24.4 Å². The van der Waals surface area contributed by atoms with Gasteiger partial charge in [0.2, 0.25) is 0 Å². The van der Waals surface area contributed by atoms with E-state index in [1.807, 2.05) is 26.2 Å². The standard InChI is InChI=1S/C20H34N4OS.HI/c1-5-21-19(23-16-20(2)10-7-13-26-20)22-15-17-8-6-9-18(14-17)25-12-11-24(3)4;/h6,8-9,14H,5,7,10-13,15-16H2,1-4H3,(H2,21,22,23);1H. The molecule has 0 aromatic heterocycles. The minimum Gasteiger partial charge on any atom is -0.492 e. The Morgan fingerprint density at radius 3 is 2.81 bits per heavy atom. The van der Waals surface area contributed by atoms with E-state index < -0.39 is 0 Å². The van der Waals surface area contributed by atoms with Crippen molar-refractivity contribution in [3.05, 3.63) is 29.8 Å². The highest BCUT2D eigenvalue weighted by Gasteiger charge is 2.29. The maximum absolute atomic E-state index is 5.82. The number of thioether (sulfide) groups is 1. The minimum absolute atomic E-state index is 0. The molecule has 5 nitrogen and oxygen atoms in total. The van der Waals surface area contributed by atoms with E-state index in [2.05, 4.69) is 53.3 Å². The Morgan fingerprint density at radius 1 is 1.33 bits per heavy atom. The molecule has 0 radical (unpaired) electrons. The van der Waals surface area contributed by atoms with Gasteiger partial charge in [0.1, 0.15) is 12.4 Å². The molecule has 0 bridgehead atoms. The van der Waals surface area contributed by atoms with Crippen molar-refractivity contribution in [3.63, 3.8) is 0 Å². The van der Waals surface area contributed by atoms with Gasteiger partial charge in [-0.3, -0.25) is 0 Å².